The van der Waals surface area contributed by atoms with E-state index in [2.05, 4.69) is 54.9 Å². The summed E-state index contributed by atoms with van der Waals surface area (Å²) in [4.78, 5) is 47.1. The van der Waals surface area contributed by atoms with Crippen LogP contribution in [-0.4, -0.2) is 59.3 Å². The van der Waals surface area contributed by atoms with Gasteiger partial charge in [-0.25, -0.2) is 4.79 Å². The highest BCUT2D eigenvalue weighted by Gasteiger charge is 2.18. The number of hydrogen-bond donors (Lipinski definition) is 4. The molecule has 2 amide bonds. The van der Waals surface area contributed by atoms with Crippen LogP contribution in [0.4, 0.5) is 0 Å². The molecule has 4 N–H and O–H groups in total. The Morgan fingerprint density at radius 1 is 0.633 bits per heavy atom. The van der Waals surface area contributed by atoms with E-state index >= 15 is 0 Å². The molecule has 9 heteroatoms. The lowest BCUT2D eigenvalue weighted by Gasteiger charge is -2.15. The average molecular weight is 691 g/mol. The number of esters is 1. The van der Waals surface area contributed by atoms with Gasteiger partial charge < -0.3 is 25.6 Å². The largest absolute Gasteiger partial charge is 0.480 e. The minimum absolute atomic E-state index is 0.127. The SMILES string of the molecule is CCC/C=C\C(CCCCCCC(=O)NCC(=O)NC(CO)C(=O)O)OC(=O)CCCCCCCCCCC/C=C\C/C=C\CCCCC. The lowest BCUT2D eigenvalue weighted by atomic mass is 10.1. The third-order valence-electron chi connectivity index (χ3n) is 8.32. The van der Waals surface area contributed by atoms with Crippen molar-refractivity contribution in [1.82, 2.24) is 10.6 Å². The molecule has 0 spiro atoms. The quantitative estimate of drug-likeness (QED) is 0.0301. The molecule has 0 rings (SSSR count). The Kier molecular flexibility index (Phi) is 32.8. The van der Waals surface area contributed by atoms with Crippen LogP contribution in [0.25, 0.3) is 0 Å². The summed E-state index contributed by atoms with van der Waals surface area (Å²) in [5.74, 6) is -2.42. The zero-order valence-corrected chi connectivity index (χ0v) is 30.9. The number of allylic oxidation sites excluding steroid dienone is 5. The van der Waals surface area contributed by atoms with E-state index in [0.29, 0.717) is 12.8 Å². The van der Waals surface area contributed by atoms with Crippen LogP contribution in [0.3, 0.4) is 0 Å². The first-order valence-electron chi connectivity index (χ1n) is 19.4. The molecule has 282 valence electrons. The lowest BCUT2D eigenvalue weighted by molar-refractivity contribution is -0.147. The Morgan fingerprint density at radius 2 is 1.20 bits per heavy atom. The van der Waals surface area contributed by atoms with Crippen LogP contribution < -0.4 is 10.6 Å². The number of aliphatic hydroxyl groups is 1. The summed E-state index contributed by atoms with van der Waals surface area (Å²) in [5.41, 5.74) is 0. The van der Waals surface area contributed by atoms with E-state index in [9.17, 15) is 19.2 Å². The van der Waals surface area contributed by atoms with Gasteiger partial charge in [0.1, 0.15) is 12.1 Å². The summed E-state index contributed by atoms with van der Waals surface area (Å²) in [6.45, 7) is 3.30. The molecular weight excluding hydrogens is 620 g/mol. The molecule has 49 heavy (non-hydrogen) atoms. The van der Waals surface area contributed by atoms with Gasteiger partial charge >= 0.3 is 11.9 Å². The number of unbranched alkanes of at least 4 members (excludes halogenated alkanes) is 16. The third-order valence-corrected chi connectivity index (χ3v) is 8.32. The van der Waals surface area contributed by atoms with Gasteiger partial charge in [0, 0.05) is 12.8 Å². The van der Waals surface area contributed by atoms with E-state index in [1.807, 2.05) is 6.08 Å². The van der Waals surface area contributed by atoms with Crippen LogP contribution in [0.15, 0.2) is 36.5 Å². The van der Waals surface area contributed by atoms with Crippen LogP contribution in [0.5, 0.6) is 0 Å². The second kappa shape index (κ2) is 34.9. The summed E-state index contributed by atoms with van der Waals surface area (Å²) >= 11 is 0. The molecule has 0 heterocycles. The second-order valence-corrected chi connectivity index (χ2v) is 13.0. The van der Waals surface area contributed by atoms with Crippen molar-refractivity contribution >= 4 is 23.8 Å². The molecular formula is C40H70N2O7. The van der Waals surface area contributed by atoms with Gasteiger partial charge in [-0.05, 0) is 70.3 Å². The lowest BCUT2D eigenvalue weighted by Crippen LogP contribution is -2.47. The Hall–Kier alpha value is -2.94. The van der Waals surface area contributed by atoms with Gasteiger partial charge in [0.15, 0.2) is 0 Å². The van der Waals surface area contributed by atoms with Gasteiger partial charge in [-0.3, -0.25) is 14.4 Å². The summed E-state index contributed by atoms with van der Waals surface area (Å²) in [6, 6.07) is -1.39. The number of amides is 2. The highest BCUT2D eigenvalue weighted by Crippen LogP contribution is 2.15. The van der Waals surface area contributed by atoms with Gasteiger partial charge in [0.05, 0.1) is 13.2 Å². The molecule has 0 aliphatic carbocycles. The summed E-state index contributed by atoms with van der Waals surface area (Å²) in [6.07, 6.45) is 38.0. The third kappa shape index (κ3) is 32.0. The van der Waals surface area contributed by atoms with Crippen molar-refractivity contribution in [3.63, 3.8) is 0 Å². The maximum absolute atomic E-state index is 12.5. The van der Waals surface area contributed by atoms with Crippen LogP contribution >= 0.6 is 0 Å². The first kappa shape index (κ1) is 46.1. The number of carboxylic acids is 1. The highest BCUT2D eigenvalue weighted by atomic mass is 16.5. The molecule has 0 bridgehead atoms. The Balaban J connectivity index is 3.92. The fraction of sp³-hybridized carbons (Fsp3) is 0.750. The monoisotopic (exact) mass is 691 g/mol. The maximum atomic E-state index is 12.5. The molecule has 9 nitrogen and oxygen atoms in total. The molecule has 0 saturated heterocycles. The number of nitrogens with one attached hydrogen (secondary N) is 2. The molecule has 0 aromatic rings. The predicted molar refractivity (Wildman–Crippen MR) is 199 cm³/mol. The number of hydrogen-bond acceptors (Lipinski definition) is 6. The Morgan fingerprint density at radius 3 is 1.80 bits per heavy atom. The standard InChI is InChI=1S/C40H70N2O7/c1-3-5-7-8-9-10-11-12-13-14-15-16-17-18-19-20-21-22-28-32-39(46)49-35(29-25-6-4-2)30-26-23-24-27-31-37(44)41-33-38(45)42-36(34-43)40(47)48/h9-10,12-13,25,29,35-36,43H,3-8,11,14-24,26-28,30-34H2,1-2H3,(H,41,44)(H,42,45)(H,47,48)/b10-9-,13-12-,29-25-. The number of aliphatic carboxylic acids is 1. The number of ether oxygens (including phenoxy) is 1. The van der Waals surface area contributed by atoms with Crippen molar-refractivity contribution in [2.75, 3.05) is 13.2 Å². The van der Waals surface area contributed by atoms with E-state index in [4.69, 9.17) is 14.9 Å². The molecule has 0 aromatic carbocycles. The zero-order chi connectivity index (χ0) is 36.2. The minimum Gasteiger partial charge on any atom is -0.480 e. The molecule has 2 atom stereocenters. The van der Waals surface area contributed by atoms with Gasteiger partial charge in [-0.1, -0.05) is 121 Å². The molecule has 0 fully saturated rings. The summed E-state index contributed by atoms with van der Waals surface area (Å²) < 4.78 is 5.80. The number of carboxylic acid groups (broad SMARTS) is 1. The van der Waals surface area contributed by atoms with Crippen molar-refractivity contribution in [3.05, 3.63) is 36.5 Å². The molecule has 0 aliphatic rings. The van der Waals surface area contributed by atoms with Crippen LogP contribution in [0, 0.1) is 0 Å². The minimum atomic E-state index is -1.39. The fourth-order valence-corrected chi connectivity index (χ4v) is 5.31. The normalized spacial score (nSPS) is 12.9. The van der Waals surface area contributed by atoms with Crippen molar-refractivity contribution < 1.29 is 34.1 Å². The van der Waals surface area contributed by atoms with E-state index < -0.39 is 24.5 Å². The van der Waals surface area contributed by atoms with Gasteiger partial charge in [0.25, 0.3) is 0 Å². The fourth-order valence-electron chi connectivity index (χ4n) is 5.31. The van der Waals surface area contributed by atoms with E-state index in [-0.39, 0.29) is 30.9 Å². The van der Waals surface area contributed by atoms with Crippen LogP contribution in [0.1, 0.15) is 168 Å². The maximum Gasteiger partial charge on any atom is 0.328 e. The van der Waals surface area contributed by atoms with E-state index in [0.717, 1.165) is 57.8 Å². The number of rotatable bonds is 34. The molecule has 2 unspecified atom stereocenters. The smallest absolute Gasteiger partial charge is 0.328 e. The number of carbonyl (C=O) groups excluding carboxylic acids is 3. The van der Waals surface area contributed by atoms with E-state index in [1.165, 1.54) is 77.0 Å². The average Bonchev–Trinajstić information content (AvgIpc) is 3.08. The Labute approximate surface area is 297 Å². The topological polar surface area (TPSA) is 142 Å². The van der Waals surface area contributed by atoms with Gasteiger partial charge in [-0.2, -0.15) is 0 Å². The second-order valence-electron chi connectivity index (χ2n) is 13.0. The molecule has 0 aromatic heterocycles. The summed E-state index contributed by atoms with van der Waals surface area (Å²) in [5, 5.41) is 22.4. The van der Waals surface area contributed by atoms with Gasteiger partial charge in [-0.15, -0.1) is 0 Å². The van der Waals surface area contributed by atoms with Crippen molar-refractivity contribution in [3.8, 4) is 0 Å². The molecule has 0 saturated carbocycles. The molecule has 0 radical (unpaired) electrons. The van der Waals surface area contributed by atoms with Crippen LogP contribution in [-0.2, 0) is 23.9 Å². The number of carbonyl (C=O) groups is 4. The summed E-state index contributed by atoms with van der Waals surface area (Å²) in [7, 11) is 0. The van der Waals surface area contributed by atoms with Crippen molar-refractivity contribution in [1.29, 1.82) is 0 Å². The predicted octanol–water partition coefficient (Wildman–Crippen LogP) is 8.65. The van der Waals surface area contributed by atoms with Gasteiger partial charge in [0.2, 0.25) is 11.8 Å². The highest BCUT2D eigenvalue weighted by molar-refractivity contribution is 5.87. The van der Waals surface area contributed by atoms with Crippen molar-refractivity contribution in [2.24, 2.45) is 0 Å². The van der Waals surface area contributed by atoms with Crippen molar-refractivity contribution in [2.45, 2.75) is 180 Å². The zero-order valence-electron chi connectivity index (χ0n) is 30.9. The first-order chi connectivity index (χ1) is 23.8. The Bertz CT molecular complexity index is 932. The van der Waals surface area contributed by atoms with Crippen LogP contribution in [0.2, 0.25) is 0 Å². The molecule has 0 aliphatic heterocycles. The number of aliphatic hydroxyl groups excluding tert-OH is 1. The first-order valence-corrected chi connectivity index (χ1v) is 19.4. The van der Waals surface area contributed by atoms with E-state index in [1.54, 1.807) is 0 Å².